The van der Waals surface area contributed by atoms with Gasteiger partial charge >= 0.3 is 12.7 Å². The van der Waals surface area contributed by atoms with E-state index in [1.54, 1.807) is 0 Å². The number of nitrogens with two attached hydrogens (primary N) is 1. The Morgan fingerprint density at radius 1 is 1.04 bits per heavy atom. The first kappa shape index (κ1) is 15.1. The van der Waals surface area contributed by atoms with E-state index in [-0.39, 0.29) is 22.6 Å². The molecule has 0 aliphatic heterocycles. The summed E-state index contributed by atoms with van der Waals surface area (Å²) in [7, 11) is 0. The Bertz CT molecular complexity index is 872. The van der Waals surface area contributed by atoms with E-state index in [2.05, 4.69) is 20.1 Å². The SMILES string of the molecule is Nc1nc(-c2cnc3c(cnn3C(F)F)n2)ccc1C(F)(F)F. The molecule has 0 radical (unpaired) electrons. The third kappa shape index (κ3) is 2.64. The van der Waals surface area contributed by atoms with Gasteiger partial charge in [-0.05, 0) is 12.1 Å². The molecule has 0 aromatic carbocycles. The van der Waals surface area contributed by atoms with E-state index in [0.29, 0.717) is 4.68 Å². The van der Waals surface area contributed by atoms with Crippen LogP contribution in [0.2, 0.25) is 0 Å². The van der Waals surface area contributed by atoms with E-state index in [4.69, 9.17) is 5.73 Å². The fraction of sp³-hybridized carbons (Fsp3) is 0.167. The minimum Gasteiger partial charge on any atom is -0.383 e. The Morgan fingerprint density at radius 2 is 1.78 bits per heavy atom. The van der Waals surface area contributed by atoms with Gasteiger partial charge in [-0.2, -0.15) is 31.7 Å². The van der Waals surface area contributed by atoms with Crippen LogP contribution in [0.4, 0.5) is 27.8 Å². The van der Waals surface area contributed by atoms with Crippen molar-refractivity contribution in [2.45, 2.75) is 12.7 Å². The molecule has 2 N–H and O–H groups in total. The first-order chi connectivity index (χ1) is 10.8. The first-order valence-electron chi connectivity index (χ1n) is 6.10. The van der Waals surface area contributed by atoms with Gasteiger partial charge in [0.25, 0.3) is 0 Å². The molecule has 0 fully saturated rings. The van der Waals surface area contributed by atoms with Crippen LogP contribution in [0, 0.1) is 0 Å². The second kappa shape index (κ2) is 5.11. The highest BCUT2D eigenvalue weighted by Gasteiger charge is 2.33. The van der Waals surface area contributed by atoms with Crippen LogP contribution >= 0.6 is 0 Å². The summed E-state index contributed by atoms with van der Waals surface area (Å²) in [4.78, 5) is 11.4. The van der Waals surface area contributed by atoms with Gasteiger partial charge in [0.1, 0.15) is 17.0 Å². The van der Waals surface area contributed by atoms with Gasteiger partial charge in [-0.1, -0.05) is 0 Å². The number of anilines is 1. The van der Waals surface area contributed by atoms with Crippen LogP contribution in [-0.2, 0) is 6.18 Å². The highest BCUT2D eigenvalue weighted by atomic mass is 19.4. The van der Waals surface area contributed by atoms with Crippen molar-refractivity contribution in [1.82, 2.24) is 24.7 Å². The Hall–Kier alpha value is -2.85. The molecule has 11 heteroatoms. The molecule has 3 aromatic heterocycles. The minimum atomic E-state index is -4.62. The van der Waals surface area contributed by atoms with Crippen molar-refractivity contribution in [3.05, 3.63) is 30.1 Å². The monoisotopic (exact) mass is 330 g/mol. The number of hydrogen-bond acceptors (Lipinski definition) is 5. The van der Waals surface area contributed by atoms with Crippen LogP contribution in [0.5, 0.6) is 0 Å². The highest BCUT2D eigenvalue weighted by Crippen LogP contribution is 2.33. The number of pyridine rings is 1. The van der Waals surface area contributed by atoms with Crippen LogP contribution < -0.4 is 5.73 Å². The number of nitrogen functional groups attached to an aromatic ring is 1. The quantitative estimate of drug-likeness (QED) is 0.731. The van der Waals surface area contributed by atoms with E-state index >= 15 is 0 Å². The van der Waals surface area contributed by atoms with E-state index in [1.165, 1.54) is 0 Å². The fourth-order valence-corrected chi connectivity index (χ4v) is 1.96. The first-order valence-corrected chi connectivity index (χ1v) is 6.10. The van der Waals surface area contributed by atoms with E-state index in [1.807, 2.05) is 0 Å². The maximum Gasteiger partial charge on any atom is 0.419 e. The Labute approximate surface area is 124 Å². The van der Waals surface area contributed by atoms with Crippen molar-refractivity contribution in [3.63, 3.8) is 0 Å². The summed E-state index contributed by atoms with van der Waals surface area (Å²) in [6.45, 7) is -2.88. The summed E-state index contributed by atoms with van der Waals surface area (Å²) in [6, 6.07) is 1.85. The number of fused-ring (bicyclic) bond motifs is 1. The summed E-state index contributed by atoms with van der Waals surface area (Å²) in [5.41, 5.74) is 4.27. The van der Waals surface area contributed by atoms with Crippen molar-refractivity contribution < 1.29 is 22.0 Å². The molecule has 0 unspecified atom stereocenters. The number of aromatic nitrogens is 5. The zero-order chi connectivity index (χ0) is 16.8. The number of nitrogens with zero attached hydrogens (tertiary/aromatic N) is 5. The van der Waals surface area contributed by atoms with Gasteiger partial charge in [-0.25, -0.2) is 15.0 Å². The molecule has 0 amide bonds. The second-order valence-corrected chi connectivity index (χ2v) is 4.46. The summed E-state index contributed by atoms with van der Waals surface area (Å²) < 4.78 is 63.6. The molecule has 0 spiro atoms. The average Bonchev–Trinajstić information content (AvgIpc) is 2.88. The maximum absolute atomic E-state index is 12.7. The summed E-state index contributed by atoms with van der Waals surface area (Å²) >= 11 is 0. The van der Waals surface area contributed by atoms with Crippen molar-refractivity contribution in [1.29, 1.82) is 0 Å². The van der Waals surface area contributed by atoms with Crippen LogP contribution in [-0.4, -0.2) is 24.7 Å². The van der Waals surface area contributed by atoms with Crippen molar-refractivity contribution in [3.8, 4) is 11.4 Å². The number of rotatable bonds is 2. The lowest BCUT2D eigenvalue weighted by Crippen LogP contribution is -2.10. The Balaban J connectivity index is 2.05. The molecule has 120 valence electrons. The average molecular weight is 330 g/mol. The van der Waals surface area contributed by atoms with Gasteiger partial charge in [0.05, 0.1) is 23.7 Å². The summed E-state index contributed by atoms with van der Waals surface area (Å²) in [5, 5.41) is 3.44. The molecule has 23 heavy (non-hydrogen) atoms. The largest absolute Gasteiger partial charge is 0.419 e. The van der Waals surface area contributed by atoms with Gasteiger partial charge in [0.2, 0.25) is 0 Å². The fourth-order valence-electron chi connectivity index (χ4n) is 1.96. The molecule has 0 aliphatic carbocycles. The van der Waals surface area contributed by atoms with Crippen LogP contribution in [0.1, 0.15) is 12.1 Å². The van der Waals surface area contributed by atoms with E-state index < -0.39 is 24.1 Å². The molecular formula is C12H7F5N6. The normalized spacial score (nSPS) is 12.3. The third-order valence-electron chi connectivity index (χ3n) is 2.98. The summed E-state index contributed by atoms with van der Waals surface area (Å²) in [5.74, 6) is -0.708. The third-order valence-corrected chi connectivity index (χ3v) is 2.98. The topological polar surface area (TPSA) is 82.5 Å². The molecule has 3 aromatic rings. The van der Waals surface area contributed by atoms with Crippen LogP contribution in [0.15, 0.2) is 24.5 Å². The molecule has 0 saturated heterocycles. The van der Waals surface area contributed by atoms with Crippen LogP contribution in [0.3, 0.4) is 0 Å². The van der Waals surface area contributed by atoms with E-state index in [9.17, 15) is 22.0 Å². The number of halogens is 5. The number of alkyl halides is 5. The molecule has 0 saturated carbocycles. The van der Waals surface area contributed by atoms with Crippen LogP contribution in [0.25, 0.3) is 22.6 Å². The van der Waals surface area contributed by atoms with Gasteiger partial charge in [0.15, 0.2) is 5.65 Å². The predicted octanol–water partition coefficient (Wildman–Crippen LogP) is 2.88. The molecule has 3 heterocycles. The highest BCUT2D eigenvalue weighted by molar-refractivity contribution is 5.73. The molecule has 6 nitrogen and oxygen atoms in total. The maximum atomic E-state index is 12.7. The van der Waals surface area contributed by atoms with Gasteiger partial charge < -0.3 is 5.73 Å². The summed E-state index contributed by atoms with van der Waals surface area (Å²) in [6.07, 6.45) is -2.44. The molecule has 0 aliphatic rings. The lowest BCUT2D eigenvalue weighted by Gasteiger charge is -2.10. The van der Waals surface area contributed by atoms with Crippen molar-refractivity contribution >= 4 is 17.0 Å². The van der Waals surface area contributed by atoms with Gasteiger partial charge in [-0.15, -0.1) is 0 Å². The predicted molar refractivity (Wildman–Crippen MR) is 69.2 cm³/mol. The van der Waals surface area contributed by atoms with Crippen molar-refractivity contribution in [2.75, 3.05) is 5.73 Å². The number of hydrogen-bond donors (Lipinski definition) is 1. The van der Waals surface area contributed by atoms with E-state index in [0.717, 1.165) is 24.5 Å². The Kier molecular flexibility index (Phi) is 3.34. The standard InChI is InChI=1S/C12H7F5N6/c13-11(14)23-10-8(4-20-23)21-7(3-19-10)6-2-1-5(9(18)22-6)12(15,16)17/h1-4,11H,(H2,18,22). The molecule has 3 rings (SSSR count). The Morgan fingerprint density at radius 3 is 2.39 bits per heavy atom. The minimum absolute atomic E-state index is 0.0368. The smallest absolute Gasteiger partial charge is 0.383 e. The second-order valence-electron chi connectivity index (χ2n) is 4.46. The molecule has 0 atom stereocenters. The molecule has 0 bridgehead atoms. The van der Waals surface area contributed by atoms with Crippen molar-refractivity contribution in [2.24, 2.45) is 0 Å². The zero-order valence-corrected chi connectivity index (χ0v) is 11.1. The van der Waals surface area contributed by atoms with Gasteiger partial charge in [0, 0.05) is 0 Å². The lowest BCUT2D eigenvalue weighted by molar-refractivity contribution is -0.137. The zero-order valence-electron chi connectivity index (χ0n) is 11.1. The molecular weight excluding hydrogens is 323 g/mol. The van der Waals surface area contributed by atoms with Gasteiger partial charge in [-0.3, -0.25) is 0 Å². The lowest BCUT2D eigenvalue weighted by atomic mass is 10.2.